The second kappa shape index (κ2) is 7.24. The summed E-state index contributed by atoms with van der Waals surface area (Å²) in [7, 11) is 0. The zero-order valence-electron chi connectivity index (χ0n) is 14.3. The number of rotatable bonds is 6. The molecule has 1 aliphatic carbocycles. The maximum Gasteiger partial charge on any atom is 0.220 e. The van der Waals surface area contributed by atoms with E-state index in [1.807, 2.05) is 0 Å². The normalized spacial score (nSPS) is 30.1. The Kier molecular flexibility index (Phi) is 4.86. The molecule has 2 heterocycles. The molecule has 3 fully saturated rings. The van der Waals surface area contributed by atoms with Crippen molar-refractivity contribution < 1.29 is 9.53 Å². The lowest BCUT2D eigenvalue weighted by Crippen LogP contribution is -2.38. The average Bonchev–Trinajstić information content (AvgIpc) is 3.33. The summed E-state index contributed by atoms with van der Waals surface area (Å²) in [6, 6.07) is 10.7. The number of hydrogen-bond donors (Lipinski definition) is 1. The summed E-state index contributed by atoms with van der Waals surface area (Å²) in [5.74, 6) is 2.54. The van der Waals surface area contributed by atoms with E-state index in [2.05, 4.69) is 40.5 Å². The molecule has 0 aromatic heterocycles. The Balaban J connectivity index is 1.31. The van der Waals surface area contributed by atoms with E-state index in [1.165, 1.54) is 18.4 Å². The van der Waals surface area contributed by atoms with Gasteiger partial charge in [0.15, 0.2) is 0 Å². The second-order valence-corrected chi connectivity index (χ2v) is 7.85. The predicted octanol–water partition coefficient (Wildman–Crippen LogP) is 2.30. The van der Waals surface area contributed by atoms with Gasteiger partial charge in [-0.25, -0.2) is 0 Å². The van der Waals surface area contributed by atoms with Crippen LogP contribution in [0.5, 0.6) is 0 Å². The zero-order chi connectivity index (χ0) is 16.4. The number of ether oxygens (including phenoxy) is 1. The molecule has 1 amide bonds. The van der Waals surface area contributed by atoms with Crippen molar-refractivity contribution in [3.8, 4) is 0 Å². The zero-order valence-corrected chi connectivity index (χ0v) is 14.3. The SMILES string of the molecule is O=C(C[C@@H]1COC[C@H]2CN(Cc3ccccc3)C[C@@H]12)NCC1CC1. The first-order valence-corrected chi connectivity index (χ1v) is 9.38. The summed E-state index contributed by atoms with van der Waals surface area (Å²) in [5.41, 5.74) is 1.37. The number of nitrogens with zero attached hydrogens (tertiary/aromatic N) is 1. The molecule has 1 aromatic rings. The van der Waals surface area contributed by atoms with Crippen LogP contribution < -0.4 is 5.32 Å². The smallest absolute Gasteiger partial charge is 0.220 e. The van der Waals surface area contributed by atoms with Crippen LogP contribution in [0.1, 0.15) is 24.8 Å². The number of likely N-dealkylation sites (tertiary alicyclic amines) is 1. The monoisotopic (exact) mass is 328 g/mol. The van der Waals surface area contributed by atoms with Gasteiger partial charge in [0.25, 0.3) is 0 Å². The largest absolute Gasteiger partial charge is 0.381 e. The molecule has 0 unspecified atom stereocenters. The van der Waals surface area contributed by atoms with Crippen LogP contribution in [0.4, 0.5) is 0 Å². The van der Waals surface area contributed by atoms with E-state index in [-0.39, 0.29) is 5.91 Å². The molecule has 0 spiro atoms. The summed E-state index contributed by atoms with van der Waals surface area (Å²) < 4.78 is 5.83. The van der Waals surface area contributed by atoms with E-state index in [1.54, 1.807) is 0 Å². The van der Waals surface area contributed by atoms with Crippen LogP contribution in [0.15, 0.2) is 30.3 Å². The standard InChI is InChI=1S/C20H28N2O2/c23-20(21-9-15-6-7-15)8-17-13-24-14-18-11-22(12-19(17)18)10-16-4-2-1-3-5-16/h1-5,15,17-19H,6-14H2,(H,21,23)/t17-,18-,19+/m1/s1. The van der Waals surface area contributed by atoms with Gasteiger partial charge < -0.3 is 10.1 Å². The Hall–Kier alpha value is -1.39. The fourth-order valence-corrected chi connectivity index (χ4v) is 4.26. The molecule has 4 nitrogen and oxygen atoms in total. The Bertz CT molecular complexity index is 558. The van der Waals surface area contributed by atoms with E-state index in [4.69, 9.17) is 4.74 Å². The first-order chi connectivity index (χ1) is 11.8. The number of benzene rings is 1. The maximum atomic E-state index is 12.2. The Morgan fingerprint density at radius 2 is 2.00 bits per heavy atom. The summed E-state index contributed by atoms with van der Waals surface area (Å²) >= 11 is 0. The number of nitrogens with one attached hydrogen (secondary N) is 1. The maximum absolute atomic E-state index is 12.2. The van der Waals surface area contributed by atoms with Crippen LogP contribution in [0.3, 0.4) is 0 Å². The van der Waals surface area contributed by atoms with Crippen molar-refractivity contribution in [1.82, 2.24) is 10.2 Å². The lowest BCUT2D eigenvalue weighted by Gasteiger charge is -2.32. The Morgan fingerprint density at radius 1 is 1.17 bits per heavy atom. The van der Waals surface area contributed by atoms with Crippen molar-refractivity contribution in [2.45, 2.75) is 25.8 Å². The highest BCUT2D eigenvalue weighted by Gasteiger charge is 2.41. The van der Waals surface area contributed by atoms with Gasteiger partial charge in [0.1, 0.15) is 0 Å². The van der Waals surface area contributed by atoms with Crippen molar-refractivity contribution in [2.75, 3.05) is 32.8 Å². The molecular formula is C20H28N2O2. The third-order valence-electron chi connectivity index (χ3n) is 5.82. The van der Waals surface area contributed by atoms with E-state index < -0.39 is 0 Å². The van der Waals surface area contributed by atoms with Crippen molar-refractivity contribution in [2.24, 2.45) is 23.7 Å². The highest BCUT2D eigenvalue weighted by Crippen LogP contribution is 2.36. The van der Waals surface area contributed by atoms with Gasteiger partial charge >= 0.3 is 0 Å². The average molecular weight is 328 g/mol. The molecule has 2 saturated heterocycles. The molecule has 0 radical (unpaired) electrons. The topological polar surface area (TPSA) is 41.6 Å². The van der Waals surface area contributed by atoms with Crippen LogP contribution in [0.2, 0.25) is 0 Å². The number of amides is 1. The molecule has 3 atom stereocenters. The van der Waals surface area contributed by atoms with Gasteiger partial charge in [0, 0.05) is 32.6 Å². The van der Waals surface area contributed by atoms with Crippen LogP contribution >= 0.6 is 0 Å². The second-order valence-electron chi connectivity index (χ2n) is 7.85. The third kappa shape index (κ3) is 3.98. The molecule has 2 aliphatic heterocycles. The van der Waals surface area contributed by atoms with Crippen LogP contribution in [-0.4, -0.2) is 43.7 Å². The predicted molar refractivity (Wildman–Crippen MR) is 93.4 cm³/mol. The molecule has 130 valence electrons. The van der Waals surface area contributed by atoms with E-state index in [9.17, 15) is 4.79 Å². The molecule has 0 bridgehead atoms. The number of fused-ring (bicyclic) bond motifs is 1. The summed E-state index contributed by atoms with van der Waals surface area (Å²) in [4.78, 5) is 14.8. The van der Waals surface area contributed by atoms with Crippen molar-refractivity contribution in [3.05, 3.63) is 35.9 Å². The van der Waals surface area contributed by atoms with Gasteiger partial charge in [-0.2, -0.15) is 0 Å². The minimum Gasteiger partial charge on any atom is -0.381 e. The summed E-state index contributed by atoms with van der Waals surface area (Å²) in [5, 5.41) is 3.11. The highest BCUT2D eigenvalue weighted by atomic mass is 16.5. The quantitative estimate of drug-likeness (QED) is 0.871. The lowest BCUT2D eigenvalue weighted by atomic mass is 9.81. The molecule has 4 heteroatoms. The molecule has 4 rings (SSSR count). The fourth-order valence-electron chi connectivity index (χ4n) is 4.26. The van der Waals surface area contributed by atoms with E-state index in [0.717, 1.165) is 45.3 Å². The van der Waals surface area contributed by atoms with Gasteiger partial charge in [-0.15, -0.1) is 0 Å². The lowest BCUT2D eigenvalue weighted by molar-refractivity contribution is -0.124. The van der Waals surface area contributed by atoms with Crippen molar-refractivity contribution in [3.63, 3.8) is 0 Å². The molecule has 1 N–H and O–H groups in total. The van der Waals surface area contributed by atoms with Crippen LogP contribution in [0.25, 0.3) is 0 Å². The number of hydrogen-bond acceptors (Lipinski definition) is 3. The summed E-state index contributed by atoms with van der Waals surface area (Å²) in [6.07, 6.45) is 3.20. The third-order valence-corrected chi connectivity index (χ3v) is 5.82. The van der Waals surface area contributed by atoms with Gasteiger partial charge in [-0.05, 0) is 42.1 Å². The first kappa shape index (κ1) is 16.1. The van der Waals surface area contributed by atoms with Crippen molar-refractivity contribution in [1.29, 1.82) is 0 Å². The summed E-state index contributed by atoms with van der Waals surface area (Å²) in [6.45, 7) is 5.69. The molecule has 1 saturated carbocycles. The van der Waals surface area contributed by atoms with Gasteiger partial charge in [0.2, 0.25) is 5.91 Å². The molecule has 3 aliphatic rings. The fraction of sp³-hybridized carbons (Fsp3) is 0.650. The van der Waals surface area contributed by atoms with Gasteiger partial charge in [-0.1, -0.05) is 30.3 Å². The minimum absolute atomic E-state index is 0.220. The van der Waals surface area contributed by atoms with E-state index >= 15 is 0 Å². The molecule has 24 heavy (non-hydrogen) atoms. The molecular weight excluding hydrogens is 300 g/mol. The highest BCUT2D eigenvalue weighted by molar-refractivity contribution is 5.76. The van der Waals surface area contributed by atoms with Gasteiger partial charge in [-0.3, -0.25) is 9.69 Å². The molecule has 1 aromatic carbocycles. The van der Waals surface area contributed by atoms with Crippen LogP contribution in [-0.2, 0) is 16.1 Å². The number of carbonyl (C=O) groups excluding carboxylic acids is 1. The van der Waals surface area contributed by atoms with Crippen LogP contribution in [0, 0.1) is 23.7 Å². The Morgan fingerprint density at radius 3 is 2.79 bits per heavy atom. The number of carbonyl (C=O) groups is 1. The van der Waals surface area contributed by atoms with Gasteiger partial charge in [0.05, 0.1) is 13.2 Å². The first-order valence-electron chi connectivity index (χ1n) is 9.38. The van der Waals surface area contributed by atoms with E-state index in [0.29, 0.717) is 24.2 Å². The Labute approximate surface area is 144 Å². The minimum atomic E-state index is 0.220. The van der Waals surface area contributed by atoms with Crippen molar-refractivity contribution >= 4 is 5.91 Å².